The molecule has 2 aromatic rings. The molecule has 1 amide bonds. The number of nitrogens with zero attached hydrogens (tertiary/aromatic N) is 1. The molecule has 1 aliphatic heterocycles. The van der Waals surface area contributed by atoms with Crippen LogP contribution in [0.4, 0.5) is 5.69 Å². The maximum absolute atomic E-state index is 12.5. The van der Waals surface area contributed by atoms with E-state index < -0.39 is 11.5 Å². The van der Waals surface area contributed by atoms with Gasteiger partial charge in [0.15, 0.2) is 0 Å². The van der Waals surface area contributed by atoms with Crippen LogP contribution in [-0.2, 0) is 11.3 Å². The van der Waals surface area contributed by atoms with Crippen LogP contribution in [0, 0.1) is 5.92 Å². The SMILES string of the molecule is CC(C(=O)Nc1ccccc1)C1(O)CCN(Cc2ccccc2)CC1. The lowest BCUT2D eigenvalue weighted by molar-refractivity contribution is -0.132. The lowest BCUT2D eigenvalue weighted by Crippen LogP contribution is -2.51. The molecule has 0 saturated carbocycles. The molecular weight excluding hydrogens is 312 g/mol. The van der Waals surface area contributed by atoms with E-state index in [9.17, 15) is 9.90 Å². The van der Waals surface area contributed by atoms with E-state index in [0.29, 0.717) is 12.8 Å². The molecule has 1 saturated heterocycles. The van der Waals surface area contributed by atoms with E-state index in [-0.39, 0.29) is 5.91 Å². The van der Waals surface area contributed by atoms with E-state index in [2.05, 4.69) is 22.3 Å². The second-order valence-corrected chi connectivity index (χ2v) is 6.94. The molecule has 2 aromatic carbocycles. The summed E-state index contributed by atoms with van der Waals surface area (Å²) in [7, 11) is 0. The highest BCUT2D eigenvalue weighted by Gasteiger charge is 2.40. The topological polar surface area (TPSA) is 52.6 Å². The van der Waals surface area contributed by atoms with Gasteiger partial charge in [-0.3, -0.25) is 9.69 Å². The summed E-state index contributed by atoms with van der Waals surface area (Å²) in [6.45, 7) is 4.31. The molecule has 25 heavy (non-hydrogen) atoms. The Bertz CT molecular complexity index is 680. The maximum atomic E-state index is 12.5. The van der Waals surface area contributed by atoms with Gasteiger partial charge in [0.05, 0.1) is 11.5 Å². The summed E-state index contributed by atoms with van der Waals surface area (Å²) in [5, 5.41) is 13.9. The van der Waals surface area contributed by atoms with Crippen molar-refractivity contribution in [2.75, 3.05) is 18.4 Å². The van der Waals surface area contributed by atoms with E-state index >= 15 is 0 Å². The average Bonchev–Trinajstić information content (AvgIpc) is 2.65. The first-order valence-electron chi connectivity index (χ1n) is 8.91. The predicted octanol–water partition coefficient (Wildman–Crippen LogP) is 3.29. The average molecular weight is 338 g/mol. The number of aliphatic hydroxyl groups is 1. The highest BCUT2D eigenvalue weighted by atomic mass is 16.3. The zero-order valence-electron chi connectivity index (χ0n) is 14.7. The Balaban J connectivity index is 1.55. The number of hydrogen-bond acceptors (Lipinski definition) is 3. The molecule has 4 nitrogen and oxygen atoms in total. The number of amides is 1. The summed E-state index contributed by atoms with van der Waals surface area (Å²) in [4.78, 5) is 14.8. The van der Waals surface area contributed by atoms with Gasteiger partial charge >= 0.3 is 0 Å². The third-order valence-electron chi connectivity index (χ3n) is 5.21. The predicted molar refractivity (Wildman–Crippen MR) is 100 cm³/mol. The van der Waals surface area contributed by atoms with Crippen LogP contribution in [-0.4, -0.2) is 34.6 Å². The summed E-state index contributed by atoms with van der Waals surface area (Å²) in [6.07, 6.45) is 1.23. The number of anilines is 1. The van der Waals surface area contributed by atoms with Crippen LogP contribution in [0.1, 0.15) is 25.3 Å². The van der Waals surface area contributed by atoms with Gasteiger partial charge < -0.3 is 10.4 Å². The Labute approximate surface area is 149 Å². The van der Waals surface area contributed by atoms with Gasteiger partial charge in [0.25, 0.3) is 0 Å². The molecule has 0 aliphatic carbocycles. The van der Waals surface area contributed by atoms with Crippen LogP contribution in [0.3, 0.4) is 0 Å². The molecule has 2 N–H and O–H groups in total. The first kappa shape index (κ1) is 17.6. The third-order valence-corrected chi connectivity index (χ3v) is 5.21. The van der Waals surface area contributed by atoms with Crippen molar-refractivity contribution < 1.29 is 9.90 Å². The van der Waals surface area contributed by atoms with E-state index in [0.717, 1.165) is 25.3 Å². The van der Waals surface area contributed by atoms with E-state index in [4.69, 9.17) is 0 Å². The first-order chi connectivity index (χ1) is 12.1. The fraction of sp³-hybridized carbons (Fsp3) is 0.381. The number of carbonyl (C=O) groups is 1. The van der Waals surface area contributed by atoms with Crippen molar-refractivity contribution in [1.29, 1.82) is 0 Å². The second-order valence-electron chi connectivity index (χ2n) is 6.94. The minimum atomic E-state index is -0.938. The second kappa shape index (κ2) is 7.81. The molecule has 1 fully saturated rings. The molecule has 1 heterocycles. The van der Waals surface area contributed by atoms with Gasteiger partial charge in [-0.15, -0.1) is 0 Å². The molecule has 0 aromatic heterocycles. The van der Waals surface area contributed by atoms with E-state index in [1.54, 1.807) is 0 Å². The van der Waals surface area contributed by atoms with Gasteiger partial charge in [0.1, 0.15) is 0 Å². The number of hydrogen-bond donors (Lipinski definition) is 2. The molecule has 4 heteroatoms. The van der Waals surface area contributed by atoms with Crippen molar-refractivity contribution in [1.82, 2.24) is 4.90 Å². The van der Waals surface area contributed by atoms with Crippen molar-refractivity contribution in [2.45, 2.75) is 31.9 Å². The highest BCUT2D eigenvalue weighted by molar-refractivity contribution is 5.93. The minimum absolute atomic E-state index is 0.120. The van der Waals surface area contributed by atoms with Crippen molar-refractivity contribution in [2.24, 2.45) is 5.92 Å². The molecule has 1 aliphatic rings. The summed E-state index contributed by atoms with van der Waals surface area (Å²) in [5.74, 6) is -0.559. The van der Waals surface area contributed by atoms with Gasteiger partial charge in [-0.05, 0) is 30.5 Å². The standard InChI is InChI=1S/C21H26N2O2/c1-17(20(24)22-19-10-6-3-7-11-19)21(25)12-14-23(15-13-21)16-18-8-4-2-5-9-18/h2-11,17,25H,12-16H2,1H3,(H,22,24). The lowest BCUT2D eigenvalue weighted by atomic mass is 9.80. The highest BCUT2D eigenvalue weighted by Crippen LogP contribution is 2.31. The summed E-state index contributed by atoms with van der Waals surface area (Å²) in [6, 6.07) is 19.8. The molecule has 132 valence electrons. The lowest BCUT2D eigenvalue weighted by Gasteiger charge is -2.41. The number of para-hydroxylation sites is 1. The van der Waals surface area contributed by atoms with Gasteiger partial charge in [-0.2, -0.15) is 0 Å². The first-order valence-corrected chi connectivity index (χ1v) is 8.91. The van der Waals surface area contributed by atoms with Crippen molar-refractivity contribution in [3.8, 4) is 0 Å². The van der Waals surface area contributed by atoms with Gasteiger partial charge in [-0.1, -0.05) is 55.5 Å². The Morgan fingerprint density at radius 1 is 1.08 bits per heavy atom. The molecule has 0 spiro atoms. The van der Waals surface area contributed by atoms with Crippen LogP contribution in [0.15, 0.2) is 60.7 Å². The summed E-state index contributed by atoms with van der Waals surface area (Å²) < 4.78 is 0. The zero-order chi connectivity index (χ0) is 17.7. The molecule has 1 atom stereocenters. The maximum Gasteiger partial charge on any atom is 0.230 e. The number of benzene rings is 2. The van der Waals surface area contributed by atoms with Crippen molar-refractivity contribution >= 4 is 11.6 Å². The summed E-state index contributed by atoms with van der Waals surface area (Å²) in [5.41, 5.74) is 1.11. The van der Waals surface area contributed by atoms with Crippen LogP contribution in [0.25, 0.3) is 0 Å². The van der Waals surface area contributed by atoms with E-state index in [1.165, 1.54) is 5.56 Å². The van der Waals surface area contributed by atoms with Gasteiger partial charge in [0.2, 0.25) is 5.91 Å². The molecule has 1 unspecified atom stereocenters. The van der Waals surface area contributed by atoms with E-state index in [1.807, 2.05) is 55.5 Å². The molecule has 0 radical (unpaired) electrons. The van der Waals surface area contributed by atoms with Crippen LogP contribution in [0.2, 0.25) is 0 Å². The minimum Gasteiger partial charge on any atom is -0.389 e. The quantitative estimate of drug-likeness (QED) is 0.879. The molecule has 3 rings (SSSR count). The number of rotatable bonds is 5. The zero-order valence-corrected chi connectivity index (χ0v) is 14.7. The Morgan fingerprint density at radius 3 is 2.24 bits per heavy atom. The normalized spacial score (nSPS) is 18.5. The van der Waals surface area contributed by atoms with Gasteiger partial charge in [-0.25, -0.2) is 0 Å². The Hall–Kier alpha value is -2.17. The van der Waals surface area contributed by atoms with Crippen LogP contribution in [0.5, 0.6) is 0 Å². The van der Waals surface area contributed by atoms with Crippen molar-refractivity contribution in [3.05, 3.63) is 66.2 Å². The Morgan fingerprint density at radius 2 is 1.64 bits per heavy atom. The number of piperidine rings is 1. The molecular formula is C21H26N2O2. The van der Waals surface area contributed by atoms with Crippen LogP contribution < -0.4 is 5.32 Å². The van der Waals surface area contributed by atoms with Crippen LogP contribution >= 0.6 is 0 Å². The third kappa shape index (κ3) is 4.47. The largest absolute Gasteiger partial charge is 0.389 e. The fourth-order valence-electron chi connectivity index (χ4n) is 3.39. The number of likely N-dealkylation sites (tertiary alicyclic amines) is 1. The number of nitrogens with one attached hydrogen (secondary N) is 1. The van der Waals surface area contributed by atoms with Crippen molar-refractivity contribution in [3.63, 3.8) is 0 Å². The molecule has 0 bridgehead atoms. The Kier molecular flexibility index (Phi) is 5.51. The fourth-order valence-corrected chi connectivity index (χ4v) is 3.39. The van der Waals surface area contributed by atoms with Gasteiger partial charge in [0, 0.05) is 25.3 Å². The smallest absolute Gasteiger partial charge is 0.230 e. The monoisotopic (exact) mass is 338 g/mol. The summed E-state index contributed by atoms with van der Waals surface area (Å²) >= 11 is 0. The number of carbonyl (C=O) groups excluding carboxylic acids is 1.